The molecule has 15 heavy (non-hydrogen) atoms. The van der Waals surface area contributed by atoms with Crippen molar-refractivity contribution in [3.63, 3.8) is 0 Å². The molecule has 0 fully saturated rings. The van der Waals surface area contributed by atoms with Gasteiger partial charge in [0.15, 0.2) is 0 Å². The molecule has 0 atom stereocenters. The van der Waals surface area contributed by atoms with Crippen molar-refractivity contribution in [3.05, 3.63) is 29.8 Å². The lowest BCUT2D eigenvalue weighted by Crippen LogP contribution is -2.00. The van der Waals surface area contributed by atoms with Gasteiger partial charge in [-0.05, 0) is 42.3 Å². The van der Waals surface area contributed by atoms with E-state index in [1.807, 2.05) is 37.3 Å². The maximum absolute atomic E-state index is 4.99. The fourth-order valence-electron chi connectivity index (χ4n) is 1.26. The van der Waals surface area contributed by atoms with Crippen LogP contribution in [0.3, 0.4) is 0 Å². The van der Waals surface area contributed by atoms with Crippen molar-refractivity contribution in [2.24, 2.45) is 4.99 Å². The van der Waals surface area contributed by atoms with Crippen molar-refractivity contribution >= 4 is 62.0 Å². The van der Waals surface area contributed by atoms with Gasteiger partial charge < -0.3 is 5.32 Å². The number of nitrogens with zero attached hydrogens (tertiary/aromatic N) is 1. The Balaban J connectivity index is 3.21. The Morgan fingerprint density at radius 2 is 2.33 bits per heavy atom. The number of para-hydroxylation sites is 1. The number of halogens is 1. The summed E-state index contributed by atoms with van der Waals surface area (Å²) < 4.78 is 0.690. The molecule has 0 bridgehead atoms. The SMILES string of the molecule is C=Nc1c(/C=C\C)cccc1NC(=S)I. The quantitative estimate of drug-likeness (QED) is 0.296. The molecular formula is C11H11IN2S. The lowest BCUT2D eigenvalue weighted by molar-refractivity contribution is 1.51. The van der Waals surface area contributed by atoms with E-state index in [0.717, 1.165) is 16.9 Å². The van der Waals surface area contributed by atoms with Gasteiger partial charge in [-0.3, -0.25) is 4.99 Å². The highest BCUT2D eigenvalue weighted by Crippen LogP contribution is 2.30. The van der Waals surface area contributed by atoms with Crippen molar-refractivity contribution in [2.45, 2.75) is 6.92 Å². The molecule has 1 N–H and O–H groups in total. The van der Waals surface area contributed by atoms with E-state index in [0.29, 0.717) is 3.00 Å². The van der Waals surface area contributed by atoms with Crippen LogP contribution in [-0.4, -0.2) is 9.71 Å². The van der Waals surface area contributed by atoms with Gasteiger partial charge in [0.2, 0.25) is 0 Å². The number of benzene rings is 1. The van der Waals surface area contributed by atoms with Gasteiger partial charge in [-0.25, -0.2) is 0 Å². The Morgan fingerprint density at radius 1 is 1.60 bits per heavy atom. The first-order valence-corrected chi connectivity index (χ1v) is 5.86. The van der Waals surface area contributed by atoms with E-state index in [4.69, 9.17) is 12.2 Å². The summed E-state index contributed by atoms with van der Waals surface area (Å²) in [4.78, 5) is 4.02. The van der Waals surface area contributed by atoms with Gasteiger partial charge in [0.05, 0.1) is 11.4 Å². The standard InChI is InChI=1S/C11H11IN2S/c1-3-5-8-6-4-7-9(10(8)13-2)14-11(12)15/h3-7H,2H2,1H3,(H,14,15)/b5-3-. The summed E-state index contributed by atoms with van der Waals surface area (Å²) in [5.74, 6) is 0. The number of aliphatic imine (C=N–C) groups is 1. The first-order valence-electron chi connectivity index (χ1n) is 4.38. The molecular weight excluding hydrogens is 319 g/mol. The molecule has 0 heterocycles. The van der Waals surface area contributed by atoms with Crippen molar-refractivity contribution < 1.29 is 0 Å². The Bertz CT molecular complexity index is 413. The van der Waals surface area contributed by atoms with Gasteiger partial charge in [-0.1, -0.05) is 36.5 Å². The van der Waals surface area contributed by atoms with Crippen LogP contribution in [0.25, 0.3) is 6.08 Å². The first-order chi connectivity index (χ1) is 7.19. The predicted octanol–water partition coefficient (Wildman–Crippen LogP) is 4.18. The number of allylic oxidation sites excluding steroid dienone is 1. The fourth-order valence-corrected chi connectivity index (χ4v) is 1.66. The molecule has 0 saturated heterocycles. The molecule has 0 unspecified atom stereocenters. The number of hydrogen-bond donors (Lipinski definition) is 1. The van der Waals surface area contributed by atoms with E-state index in [1.165, 1.54) is 0 Å². The van der Waals surface area contributed by atoms with Gasteiger partial charge in [0, 0.05) is 5.56 Å². The number of nitrogens with one attached hydrogen (secondary N) is 1. The number of thiocarbonyl (C=S) groups is 1. The molecule has 0 aromatic heterocycles. The number of anilines is 1. The van der Waals surface area contributed by atoms with Gasteiger partial charge in [0.25, 0.3) is 0 Å². The Kier molecular flexibility index (Phi) is 4.90. The van der Waals surface area contributed by atoms with Gasteiger partial charge >= 0.3 is 0 Å². The zero-order valence-electron chi connectivity index (χ0n) is 8.33. The summed E-state index contributed by atoms with van der Waals surface area (Å²) in [7, 11) is 0. The topological polar surface area (TPSA) is 24.4 Å². The van der Waals surface area contributed by atoms with Gasteiger partial charge in [-0.15, -0.1) is 0 Å². The van der Waals surface area contributed by atoms with E-state index in [2.05, 4.69) is 39.6 Å². The van der Waals surface area contributed by atoms with Crippen LogP contribution in [0.15, 0.2) is 29.3 Å². The number of hydrogen-bond acceptors (Lipinski definition) is 2. The lowest BCUT2D eigenvalue weighted by atomic mass is 10.1. The van der Waals surface area contributed by atoms with Gasteiger partial charge in [0.1, 0.15) is 3.00 Å². The molecule has 0 aliphatic heterocycles. The maximum atomic E-state index is 4.99. The van der Waals surface area contributed by atoms with Crippen LogP contribution in [-0.2, 0) is 0 Å². The Labute approximate surface area is 109 Å². The normalized spacial score (nSPS) is 10.3. The molecule has 78 valence electrons. The van der Waals surface area contributed by atoms with Crippen molar-refractivity contribution in [1.82, 2.24) is 0 Å². The van der Waals surface area contributed by atoms with Crippen LogP contribution in [0.2, 0.25) is 0 Å². The van der Waals surface area contributed by atoms with Crippen molar-refractivity contribution in [3.8, 4) is 0 Å². The Morgan fingerprint density at radius 3 is 2.87 bits per heavy atom. The minimum Gasteiger partial charge on any atom is -0.340 e. The molecule has 1 aromatic carbocycles. The second-order valence-electron chi connectivity index (χ2n) is 2.80. The van der Waals surface area contributed by atoms with Crippen LogP contribution in [0.1, 0.15) is 12.5 Å². The molecule has 4 heteroatoms. The van der Waals surface area contributed by atoms with Crippen LogP contribution >= 0.6 is 34.8 Å². The maximum Gasteiger partial charge on any atom is 0.142 e. The summed E-state index contributed by atoms with van der Waals surface area (Å²) in [6.07, 6.45) is 3.96. The van der Waals surface area contributed by atoms with E-state index in [1.54, 1.807) is 0 Å². The summed E-state index contributed by atoms with van der Waals surface area (Å²) in [5, 5.41) is 3.07. The van der Waals surface area contributed by atoms with E-state index >= 15 is 0 Å². The molecule has 1 rings (SSSR count). The van der Waals surface area contributed by atoms with Crippen molar-refractivity contribution in [1.29, 1.82) is 0 Å². The van der Waals surface area contributed by atoms with Crippen LogP contribution in [0.4, 0.5) is 11.4 Å². The van der Waals surface area contributed by atoms with Crippen LogP contribution in [0.5, 0.6) is 0 Å². The van der Waals surface area contributed by atoms with Crippen LogP contribution < -0.4 is 5.32 Å². The first kappa shape index (κ1) is 12.3. The third-order valence-corrected chi connectivity index (χ3v) is 2.18. The molecule has 0 aliphatic carbocycles. The smallest absolute Gasteiger partial charge is 0.142 e. The molecule has 1 aromatic rings. The molecule has 2 nitrogen and oxygen atoms in total. The molecule has 0 radical (unpaired) electrons. The third kappa shape index (κ3) is 3.39. The fraction of sp³-hybridized carbons (Fsp3) is 0.0909. The average molecular weight is 330 g/mol. The minimum absolute atomic E-state index is 0.690. The molecule has 0 aliphatic rings. The molecule has 0 amide bonds. The van der Waals surface area contributed by atoms with Gasteiger partial charge in [-0.2, -0.15) is 0 Å². The summed E-state index contributed by atoms with van der Waals surface area (Å²) >= 11 is 7.04. The monoisotopic (exact) mass is 330 g/mol. The second kappa shape index (κ2) is 5.97. The highest BCUT2D eigenvalue weighted by atomic mass is 127. The van der Waals surface area contributed by atoms with E-state index < -0.39 is 0 Å². The van der Waals surface area contributed by atoms with E-state index in [-0.39, 0.29) is 0 Å². The number of rotatable bonds is 3. The largest absolute Gasteiger partial charge is 0.340 e. The zero-order valence-corrected chi connectivity index (χ0v) is 11.3. The average Bonchev–Trinajstić information content (AvgIpc) is 2.18. The minimum atomic E-state index is 0.690. The third-order valence-electron chi connectivity index (χ3n) is 1.80. The highest BCUT2D eigenvalue weighted by molar-refractivity contribution is 14.1. The second-order valence-corrected chi connectivity index (χ2v) is 5.02. The van der Waals surface area contributed by atoms with Crippen molar-refractivity contribution in [2.75, 3.05) is 5.32 Å². The lowest BCUT2D eigenvalue weighted by Gasteiger charge is -2.08. The highest BCUT2D eigenvalue weighted by Gasteiger charge is 2.04. The van der Waals surface area contributed by atoms with Crippen LogP contribution in [0, 0.1) is 0 Å². The van der Waals surface area contributed by atoms with E-state index in [9.17, 15) is 0 Å². The summed E-state index contributed by atoms with van der Waals surface area (Å²) in [6.45, 7) is 5.54. The zero-order chi connectivity index (χ0) is 11.3. The predicted molar refractivity (Wildman–Crippen MR) is 80.6 cm³/mol. The molecule has 0 saturated carbocycles. The summed E-state index contributed by atoms with van der Waals surface area (Å²) in [5.41, 5.74) is 2.75. The summed E-state index contributed by atoms with van der Waals surface area (Å²) in [6, 6.07) is 5.88. The molecule has 0 spiro atoms. The Hall–Kier alpha value is -0.750.